The van der Waals surface area contributed by atoms with Crippen molar-refractivity contribution in [2.75, 3.05) is 19.7 Å². The molecule has 2 aromatic rings. The highest BCUT2D eigenvalue weighted by molar-refractivity contribution is 5.95. The Labute approximate surface area is 158 Å². The van der Waals surface area contributed by atoms with Crippen LogP contribution in [0, 0.1) is 0 Å². The first kappa shape index (κ1) is 18.4. The number of hydrogen-bond donors (Lipinski definition) is 0. The fourth-order valence-corrected chi connectivity index (χ4v) is 3.48. The lowest BCUT2D eigenvalue weighted by atomic mass is 10.0. The van der Waals surface area contributed by atoms with E-state index in [0.717, 1.165) is 12.3 Å². The summed E-state index contributed by atoms with van der Waals surface area (Å²) in [4.78, 5) is 33.5. The van der Waals surface area contributed by atoms with Gasteiger partial charge < -0.3 is 9.64 Å². The minimum absolute atomic E-state index is 0.0328. The predicted octanol–water partition coefficient (Wildman–Crippen LogP) is 2.63. The van der Waals surface area contributed by atoms with Crippen molar-refractivity contribution >= 4 is 11.7 Å². The molecule has 1 atom stereocenters. The number of Topliss-reactive ketones (excluding diaryl/α,β-unsaturated/α-hetero) is 1. The number of likely N-dealkylation sites (tertiary alicyclic amines) is 1. The van der Waals surface area contributed by atoms with Crippen molar-refractivity contribution in [3.8, 4) is 5.75 Å². The molecule has 1 aromatic heterocycles. The Balaban J connectivity index is 1.49. The number of carbonyl (C=O) groups excluding carboxylic acids is 2. The molecule has 0 aliphatic carbocycles. The molecule has 28 heavy (non-hydrogen) atoms. The maximum atomic E-state index is 12.9. The number of amides is 1. The molecular weight excluding hydrogens is 375 g/mol. The Kier molecular flexibility index (Phi) is 4.52. The Morgan fingerprint density at radius 2 is 2.07 bits per heavy atom. The lowest BCUT2D eigenvalue weighted by Gasteiger charge is -2.20. The molecule has 1 fully saturated rings. The number of ketones is 1. The average molecular weight is 391 g/mol. The smallest absolute Gasteiger partial charge is 0.433 e. The van der Waals surface area contributed by atoms with E-state index in [2.05, 4.69) is 9.97 Å². The van der Waals surface area contributed by atoms with Gasteiger partial charge in [0.25, 0.3) is 5.91 Å². The molecular formula is C19H16F3N3O3. The van der Waals surface area contributed by atoms with Gasteiger partial charge in [-0.2, -0.15) is 13.2 Å². The third-order valence-corrected chi connectivity index (χ3v) is 4.89. The van der Waals surface area contributed by atoms with Crippen molar-refractivity contribution < 1.29 is 27.5 Å². The Hall–Kier alpha value is -2.97. The fraction of sp³-hybridized carbons (Fsp3) is 0.368. The van der Waals surface area contributed by atoms with Crippen LogP contribution in [0.1, 0.15) is 39.8 Å². The van der Waals surface area contributed by atoms with E-state index in [9.17, 15) is 22.8 Å². The minimum atomic E-state index is -4.53. The van der Waals surface area contributed by atoms with Crippen molar-refractivity contribution in [1.29, 1.82) is 0 Å². The number of rotatable bonds is 2. The van der Waals surface area contributed by atoms with Gasteiger partial charge in [0.05, 0.1) is 0 Å². The summed E-state index contributed by atoms with van der Waals surface area (Å²) >= 11 is 0. The number of hydrogen-bond acceptors (Lipinski definition) is 5. The summed E-state index contributed by atoms with van der Waals surface area (Å²) in [6.45, 7) is 0.674. The summed E-state index contributed by atoms with van der Waals surface area (Å²) in [6, 6.07) is 5.77. The summed E-state index contributed by atoms with van der Waals surface area (Å²) in [7, 11) is 0. The van der Waals surface area contributed by atoms with Gasteiger partial charge in [-0.25, -0.2) is 9.97 Å². The van der Waals surface area contributed by atoms with E-state index >= 15 is 0 Å². The van der Waals surface area contributed by atoms with Gasteiger partial charge in [-0.3, -0.25) is 9.59 Å². The van der Waals surface area contributed by atoms with Crippen LogP contribution in [-0.2, 0) is 17.4 Å². The molecule has 0 saturated carbocycles. The van der Waals surface area contributed by atoms with Gasteiger partial charge in [-0.05, 0) is 30.7 Å². The topological polar surface area (TPSA) is 72.4 Å². The van der Waals surface area contributed by atoms with Gasteiger partial charge in [-0.15, -0.1) is 0 Å². The highest BCUT2D eigenvalue weighted by Crippen LogP contribution is 2.31. The fourth-order valence-electron chi connectivity index (χ4n) is 3.48. The molecule has 1 aromatic carbocycles. The second-order valence-electron chi connectivity index (χ2n) is 6.86. The van der Waals surface area contributed by atoms with E-state index in [1.54, 1.807) is 23.1 Å². The average Bonchev–Trinajstić information content (AvgIpc) is 3.16. The third kappa shape index (κ3) is 3.56. The van der Waals surface area contributed by atoms with Crippen molar-refractivity contribution in [2.24, 2.45) is 0 Å². The summed E-state index contributed by atoms with van der Waals surface area (Å²) in [5.41, 5.74) is 0.100. The van der Waals surface area contributed by atoms with E-state index in [1.165, 1.54) is 0 Å². The van der Waals surface area contributed by atoms with Crippen LogP contribution in [-0.4, -0.2) is 46.3 Å². The molecule has 3 heterocycles. The maximum Gasteiger partial charge on any atom is 0.433 e. The number of nitrogens with zero attached hydrogens (tertiary/aromatic N) is 3. The van der Waals surface area contributed by atoms with Gasteiger partial charge >= 0.3 is 6.18 Å². The SMILES string of the molecule is O=C1COc2ccc(C(=O)N3CCC(c4nccc(C(F)(F)F)n4)C3)cc2C1. The quantitative estimate of drug-likeness (QED) is 0.787. The largest absolute Gasteiger partial charge is 0.486 e. The summed E-state index contributed by atoms with van der Waals surface area (Å²) in [6.07, 6.45) is -2.73. The molecule has 146 valence electrons. The molecule has 1 amide bonds. The molecule has 0 radical (unpaired) electrons. The van der Waals surface area contributed by atoms with Crippen LogP contribution in [0.4, 0.5) is 13.2 Å². The summed E-state index contributed by atoms with van der Waals surface area (Å²) < 4.78 is 43.9. The zero-order valence-electron chi connectivity index (χ0n) is 14.7. The predicted molar refractivity (Wildman–Crippen MR) is 90.9 cm³/mol. The van der Waals surface area contributed by atoms with Crippen LogP contribution in [0.15, 0.2) is 30.5 Å². The molecule has 0 spiro atoms. The number of ether oxygens (including phenoxy) is 1. The number of alkyl halides is 3. The first-order valence-electron chi connectivity index (χ1n) is 8.78. The molecule has 4 rings (SSSR count). The summed E-state index contributed by atoms with van der Waals surface area (Å²) in [5.74, 6) is 0.0338. The van der Waals surface area contributed by atoms with E-state index in [-0.39, 0.29) is 43.0 Å². The monoisotopic (exact) mass is 391 g/mol. The molecule has 2 aliphatic rings. The minimum Gasteiger partial charge on any atom is -0.486 e. The molecule has 2 aliphatic heterocycles. The standard InChI is InChI=1S/C19H16F3N3O3/c20-19(21,22)16-3-5-23-17(24-16)12-4-6-25(9-12)18(27)11-1-2-15-13(7-11)8-14(26)10-28-15/h1-3,5,7,12H,4,6,8-10H2. The van der Waals surface area contributed by atoms with Gasteiger partial charge in [0.1, 0.15) is 23.9 Å². The molecule has 6 nitrogen and oxygen atoms in total. The number of aromatic nitrogens is 2. The molecule has 0 bridgehead atoms. The van der Waals surface area contributed by atoms with Crippen molar-refractivity contribution in [3.05, 3.63) is 53.1 Å². The van der Waals surface area contributed by atoms with Gasteiger partial charge in [0.2, 0.25) is 0 Å². The van der Waals surface area contributed by atoms with E-state index in [4.69, 9.17) is 4.74 Å². The van der Waals surface area contributed by atoms with Crippen molar-refractivity contribution in [2.45, 2.75) is 24.9 Å². The zero-order valence-corrected chi connectivity index (χ0v) is 14.7. The van der Waals surface area contributed by atoms with Gasteiger partial charge in [-0.1, -0.05) is 0 Å². The highest BCUT2D eigenvalue weighted by atomic mass is 19.4. The first-order valence-corrected chi connectivity index (χ1v) is 8.78. The van der Waals surface area contributed by atoms with Gasteiger partial charge in [0, 0.05) is 42.8 Å². The second-order valence-corrected chi connectivity index (χ2v) is 6.86. The number of carbonyl (C=O) groups is 2. The Morgan fingerprint density at radius 1 is 1.25 bits per heavy atom. The Morgan fingerprint density at radius 3 is 2.86 bits per heavy atom. The van der Waals surface area contributed by atoms with Crippen LogP contribution in [0.3, 0.4) is 0 Å². The normalized spacial score (nSPS) is 19.3. The molecule has 1 unspecified atom stereocenters. The van der Waals surface area contributed by atoms with Crippen LogP contribution in [0.5, 0.6) is 5.75 Å². The molecule has 1 saturated heterocycles. The number of benzene rings is 1. The van der Waals surface area contributed by atoms with Crippen molar-refractivity contribution in [1.82, 2.24) is 14.9 Å². The number of fused-ring (bicyclic) bond motifs is 1. The van der Waals surface area contributed by atoms with Crippen molar-refractivity contribution in [3.63, 3.8) is 0 Å². The first-order chi connectivity index (χ1) is 13.3. The highest BCUT2D eigenvalue weighted by Gasteiger charge is 2.35. The Bertz CT molecular complexity index is 946. The molecule has 0 N–H and O–H groups in total. The number of halogens is 3. The lowest BCUT2D eigenvalue weighted by molar-refractivity contribution is -0.141. The van der Waals surface area contributed by atoms with E-state index in [1.807, 2.05) is 0 Å². The van der Waals surface area contributed by atoms with E-state index in [0.29, 0.717) is 29.8 Å². The van der Waals surface area contributed by atoms with Crippen LogP contribution in [0.25, 0.3) is 0 Å². The zero-order chi connectivity index (χ0) is 19.9. The molecule has 9 heteroatoms. The van der Waals surface area contributed by atoms with Crippen LogP contribution >= 0.6 is 0 Å². The maximum absolute atomic E-state index is 12.9. The summed E-state index contributed by atoms with van der Waals surface area (Å²) in [5, 5.41) is 0. The van der Waals surface area contributed by atoms with E-state index < -0.39 is 11.9 Å². The third-order valence-electron chi connectivity index (χ3n) is 4.89. The second kappa shape index (κ2) is 6.88. The van der Waals surface area contributed by atoms with Crippen LogP contribution < -0.4 is 4.74 Å². The lowest BCUT2D eigenvalue weighted by Crippen LogP contribution is -2.29. The van der Waals surface area contributed by atoms with Gasteiger partial charge in [0.15, 0.2) is 5.78 Å². The van der Waals surface area contributed by atoms with Crippen LogP contribution in [0.2, 0.25) is 0 Å².